The minimum absolute atomic E-state index is 0.306. The molecule has 0 radical (unpaired) electrons. The lowest BCUT2D eigenvalue weighted by molar-refractivity contribution is -0.0662. The van der Waals surface area contributed by atoms with Crippen molar-refractivity contribution in [3.05, 3.63) is 0 Å². The van der Waals surface area contributed by atoms with Crippen LogP contribution in [0.3, 0.4) is 0 Å². The molecule has 0 amide bonds. The van der Waals surface area contributed by atoms with E-state index in [1.807, 2.05) is 0 Å². The zero-order valence-electron chi connectivity index (χ0n) is 14.6. The van der Waals surface area contributed by atoms with Crippen molar-refractivity contribution in [3.63, 3.8) is 0 Å². The topological polar surface area (TPSA) is 21.3 Å². The third kappa shape index (κ3) is 5.25. The predicted octanol–water partition coefficient (Wildman–Crippen LogP) is 5.06. The summed E-state index contributed by atoms with van der Waals surface area (Å²) in [6.45, 7) is 8.10. The average molecular weight is 296 g/mol. The van der Waals surface area contributed by atoms with Gasteiger partial charge in [-0.05, 0) is 63.8 Å². The van der Waals surface area contributed by atoms with Crippen molar-refractivity contribution >= 4 is 0 Å². The Morgan fingerprint density at radius 2 is 1.90 bits per heavy atom. The molecule has 0 aromatic heterocycles. The van der Waals surface area contributed by atoms with Crippen LogP contribution in [0.4, 0.5) is 0 Å². The van der Waals surface area contributed by atoms with Crippen LogP contribution in [0, 0.1) is 5.92 Å². The molecule has 2 nitrogen and oxygen atoms in total. The van der Waals surface area contributed by atoms with E-state index in [4.69, 9.17) is 4.74 Å². The Bertz CT molecular complexity index is 283. The Morgan fingerprint density at radius 3 is 2.57 bits per heavy atom. The molecule has 2 heteroatoms. The second kappa shape index (κ2) is 8.53. The van der Waals surface area contributed by atoms with E-state index in [1.54, 1.807) is 0 Å². The molecule has 1 aliphatic carbocycles. The molecule has 2 fully saturated rings. The molecule has 2 atom stereocenters. The highest BCUT2D eigenvalue weighted by molar-refractivity contribution is 4.91. The minimum Gasteiger partial charge on any atom is -0.372 e. The lowest BCUT2D eigenvalue weighted by Crippen LogP contribution is -2.34. The summed E-state index contributed by atoms with van der Waals surface area (Å²) >= 11 is 0. The first kappa shape index (κ1) is 17.3. The van der Waals surface area contributed by atoms with Crippen LogP contribution < -0.4 is 5.32 Å². The summed E-state index contributed by atoms with van der Waals surface area (Å²) in [5, 5.41) is 3.71. The summed E-state index contributed by atoms with van der Waals surface area (Å²) in [4.78, 5) is 0. The maximum atomic E-state index is 6.49. The fourth-order valence-corrected chi connectivity index (χ4v) is 4.23. The van der Waals surface area contributed by atoms with Gasteiger partial charge in [-0.3, -0.25) is 0 Å². The van der Waals surface area contributed by atoms with Crippen molar-refractivity contribution in [1.29, 1.82) is 0 Å². The molecule has 1 saturated heterocycles. The van der Waals surface area contributed by atoms with Crippen molar-refractivity contribution in [3.8, 4) is 0 Å². The maximum absolute atomic E-state index is 6.49. The van der Waals surface area contributed by atoms with Gasteiger partial charge in [-0.15, -0.1) is 0 Å². The van der Waals surface area contributed by atoms with E-state index in [0.717, 1.165) is 12.5 Å². The van der Waals surface area contributed by atoms with Crippen LogP contribution in [0.1, 0.15) is 91.4 Å². The second-order valence-electron chi connectivity index (χ2n) is 7.76. The number of nitrogens with one attached hydrogen (secondary N) is 1. The second-order valence-corrected chi connectivity index (χ2v) is 7.76. The third-order valence-corrected chi connectivity index (χ3v) is 5.61. The number of ether oxygens (including phenoxy) is 1. The first-order chi connectivity index (χ1) is 10.2. The zero-order valence-corrected chi connectivity index (χ0v) is 14.6. The summed E-state index contributed by atoms with van der Waals surface area (Å²) in [5.41, 5.74) is 0.306. The van der Waals surface area contributed by atoms with Crippen LogP contribution in [0.2, 0.25) is 0 Å². The van der Waals surface area contributed by atoms with Crippen LogP contribution in [0.15, 0.2) is 0 Å². The monoisotopic (exact) mass is 295 g/mol. The molecule has 1 heterocycles. The van der Waals surface area contributed by atoms with Gasteiger partial charge in [0.2, 0.25) is 0 Å². The highest BCUT2D eigenvalue weighted by Gasteiger charge is 2.40. The van der Waals surface area contributed by atoms with Gasteiger partial charge in [0.1, 0.15) is 0 Å². The van der Waals surface area contributed by atoms with Gasteiger partial charge in [-0.2, -0.15) is 0 Å². The largest absolute Gasteiger partial charge is 0.372 e. The first-order valence-corrected chi connectivity index (χ1v) is 9.56. The molecule has 21 heavy (non-hydrogen) atoms. The molecule has 1 saturated carbocycles. The molecule has 0 aromatic rings. The lowest BCUT2D eigenvalue weighted by atomic mass is 9.83. The van der Waals surface area contributed by atoms with Crippen LogP contribution in [-0.2, 0) is 4.74 Å². The summed E-state index contributed by atoms with van der Waals surface area (Å²) in [6.07, 6.45) is 15.2. The number of rotatable bonds is 8. The Hall–Kier alpha value is -0.0800. The molecule has 1 N–H and O–H groups in total. The van der Waals surface area contributed by atoms with Crippen LogP contribution >= 0.6 is 0 Å². The van der Waals surface area contributed by atoms with Gasteiger partial charge in [0.05, 0.1) is 11.7 Å². The van der Waals surface area contributed by atoms with Crippen LogP contribution in [0.5, 0.6) is 0 Å². The summed E-state index contributed by atoms with van der Waals surface area (Å²) in [7, 11) is 0. The van der Waals surface area contributed by atoms with Gasteiger partial charge in [-0.1, -0.05) is 40.0 Å². The van der Waals surface area contributed by atoms with Gasteiger partial charge in [-0.25, -0.2) is 0 Å². The Balaban J connectivity index is 1.66. The fraction of sp³-hybridized carbons (Fsp3) is 1.00. The Kier molecular flexibility index (Phi) is 7.01. The fourth-order valence-electron chi connectivity index (χ4n) is 4.23. The lowest BCUT2D eigenvalue weighted by Gasteiger charge is -2.33. The smallest absolute Gasteiger partial charge is 0.0687 e. The standard InChI is InChI=1S/C19H37NO/c1-4-15-20-18(16(2)3)10-8-9-17-11-14-19(21-17)12-6-5-7-13-19/h16-18,20H,4-15H2,1-3H3. The van der Waals surface area contributed by atoms with E-state index >= 15 is 0 Å². The van der Waals surface area contributed by atoms with Gasteiger partial charge in [0.15, 0.2) is 0 Å². The zero-order chi connectivity index (χ0) is 15.1. The SMILES string of the molecule is CCCNC(CCCC1CCC2(CCCCC2)O1)C(C)C. The van der Waals surface area contributed by atoms with Crippen molar-refractivity contribution in [2.24, 2.45) is 5.92 Å². The summed E-state index contributed by atoms with van der Waals surface area (Å²) in [5.74, 6) is 0.741. The molecule has 1 aliphatic heterocycles. The molecule has 0 bridgehead atoms. The van der Waals surface area contributed by atoms with E-state index in [1.165, 1.54) is 70.6 Å². The normalized spacial score (nSPS) is 26.6. The predicted molar refractivity (Wildman–Crippen MR) is 90.7 cm³/mol. The summed E-state index contributed by atoms with van der Waals surface area (Å²) in [6, 6.07) is 0.690. The Morgan fingerprint density at radius 1 is 1.14 bits per heavy atom. The molecule has 0 aromatic carbocycles. The van der Waals surface area contributed by atoms with E-state index < -0.39 is 0 Å². The van der Waals surface area contributed by atoms with E-state index in [2.05, 4.69) is 26.1 Å². The van der Waals surface area contributed by atoms with Crippen molar-refractivity contribution in [2.75, 3.05) is 6.54 Å². The van der Waals surface area contributed by atoms with Crippen LogP contribution in [0.25, 0.3) is 0 Å². The molecule has 2 aliphatic rings. The highest BCUT2D eigenvalue weighted by atomic mass is 16.5. The molecule has 1 spiro atoms. The molecular formula is C19H37NO. The van der Waals surface area contributed by atoms with E-state index in [-0.39, 0.29) is 0 Å². The van der Waals surface area contributed by atoms with Gasteiger partial charge in [0, 0.05) is 6.04 Å². The maximum Gasteiger partial charge on any atom is 0.0687 e. The summed E-state index contributed by atoms with van der Waals surface area (Å²) < 4.78 is 6.49. The van der Waals surface area contributed by atoms with Crippen molar-refractivity contribution in [2.45, 2.75) is 109 Å². The number of hydrogen-bond donors (Lipinski definition) is 1. The molecular weight excluding hydrogens is 258 g/mol. The molecule has 2 unspecified atom stereocenters. The third-order valence-electron chi connectivity index (χ3n) is 5.61. The van der Waals surface area contributed by atoms with E-state index in [9.17, 15) is 0 Å². The average Bonchev–Trinajstić information content (AvgIpc) is 2.85. The van der Waals surface area contributed by atoms with Gasteiger partial charge in [0.25, 0.3) is 0 Å². The Labute approximate surface area is 132 Å². The van der Waals surface area contributed by atoms with Crippen molar-refractivity contribution in [1.82, 2.24) is 5.32 Å². The van der Waals surface area contributed by atoms with E-state index in [0.29, 0.717) is 17.7 Å². The first-order valence-electron chi connectivity index (χ1n) is 9.56. The highest BCUT2D eigenvalue weighted by Crippen LogP contribution is 2.42. The van der Waals surface area contributed by atoms with Crippen LogP contribution in [-0.4, -0.2) is 24.3 Å². The van der Waals surface area contributed by atoms with Gasteiger partial charge >= 0.3 is 0 Å². The number of hydrogen-bond acceptors (Lipinski definition) is 2. The minimum atomic E-state index is 0.306. The molecule has 124 valence electrons. The van der Waals surface area contributed by atoms with Gasteiger partial charge < -0.3 is 10.1 Å². The quantitative estimate of drug-likeness (QED) is 0.675. The van der Waals surface area contributed by atoms with Crippen molar-refractivity contribution < 1.29 is 4.74 Å². The molecule has 2 rings (SSSR count).